The molecule has 2 aromatic rings. The molecule has 0 saturated carbocycles. The molecule has 0 radical (unpaired) electrons. The second-order valence-corrected chi connectivity index (χ2v) is 7.27. The van der Waals surface area contributed by atoms with Crippen molar-refractivity contribution in [3.8, 4) is 0 Å². The van der Waals surface area contributed by atoms with E-state index in [-0.39, 0.29) is 12.1 Å². The minimum atomic E-state index is 0.0197. The number of likely N-dealkylation sites (tertiary alicyclic amines) is 1. The Hall–Kier alpha value is -1.89. The summed E-state index contributed by atoms with van der Waals surface area (Å²) in [5.41, 5.74) is 3.33. The third kappa shape index (κ3) is 3.77. The van der Waals surface area contributed by atoms with Gasteiger partial charge in [0.15, 0.2) is 0 Å². The molecule has 3 rings (SSSR count). The lowest BCUT2D eigenvalue weighted by molar-refractivity contribution is 0.207. The van der Waals surface area contributed by atoms with Gasteiger partial charge < -0.3 is 10.2 Å². The second-order valence-electron chi connectivity index (χ2n) is 6.33. The molecule has 1 saturated heterocycles. The minimum absolute atomic E-state index is 0.0197. The van der Waals surface area contributed by atoms with Crippen molar-refractivity contribution in [1.82, 2.24) is 25.0 Å². The van der Waals surface area contributed by atoms with E-state index in [1.165, 1.54) is 0 Å². The van der Waals surface area contributed by atoms with Crippen molar-refractivity contribution in [1.29, 1.82) is 0 Å². The Balaban J connectivity index is 1.47. The van der Waals surface area contributed by atoms with Gasteiger partial charge in [-0.15, -0.1) is 11.3 Å². The summed E-state index contributed by atoms with van der Waals surface area (Å²) in [6, 6.07) is 2.39. The first-order valence-electron chi connectivity index (χ1n) is 8.55. The van der Waals surface area contributed by atoms with Crippen molar-refractivity contribution >= 4 is 17.4 Å². The molecule has 1 atom stereocenters. The molecule has 24 heavy (non-hydrogen) atoms. The van der Waals surface area contributed by atoms with Crippen LogP contribution in [0, 0.1) is 13.8 Å². The zero-order valence-electron chi connectivity index (χ0n) is 14.6. The number of hydrogen-bond acceptors (Lipinski definition) is 4. The van der Waals surface area contributed by atoms with Crippen LogP contribution in [0.15, 0.2) is 11.4 Å². The predicted molar refractivity (Wildman–Crippen MR) is 95.5 cm³/mol. The van der Waals surface area contributed by atoms with Gasteiger partial charge in [0.2, 0.25) is 0 Å². The maximum atomic E-state index is 12.3. The van der Waals surface area contributed by atoms with E-state index in [0.29, 0.717) is 6.54 Å². The van der Waals surface area contributed by atoms with Crippen LogP contribution in [0.5, 0.6) is 0 Å². The number of hydrogen-bond donors (Lipinski definition) is 1. The van der Waals surface area contributed by atoms with E-state index in [1.54, 1.807) is 11.3 Å². The van der Waals surface area contributed by atoms with Crippen LogP contribution < -0.4 is 5.32 Å². The van der Waals surface area contributed by atoms with Crippen LogP contribution in [-0.4, -0.2) is 45.3 Å². The summed E-state index contributed by atoms with van der Waals surface area (Å²) in [5.74, 6) is 0. The summed E-state index contributed by atoms with van der Waals surface area (Å²) in [6.07, 6.45) is 2.72. The lowest BCUT2D eigenvalue weighted by Gasteiger charge is -2.18. The minimum Gasteiger partial charge on any atom is -0.338 e. The average Bonchev–Trinajstić information content (AvgIpc) is 3.26. The Kier molecular flexibility index (Phi) is 5.18. The maximum absolute atomic E-state index is 12.3. The lowest BCUT2D eigenvalue weighted by atomic mass is 10.2. The summed E-state index contributed by atoms with van der Waals surface area (Å²) in [6.45, 7) is 8.33. The third-order valence-corrected chi connectivity index (χ3v) is 5.38. The van der Waals surface area contributed by atoms with E-state index in [4.69, 9.17) is 0 Å². The van der Waals surface area contributed by atoms with Gasteiger partial charge >= 0.3 is 6.03 Å². The van der Waals surface area contributed by atoms with Crippen LogP contribution in [0.25, 0.3) is 0 Å². The zero-order chi connectivity index (χ0) is 17.1. The van der Waals surface area contributed by atoms with E-state index in [1.807, 2.05) is 11.8 Å². The fourth-order valence-electron chi connectivity index (χ4n) is 3.16. The molecule has 6 nitrogen and oxygen atoms in total. The van der Waals surface area contributed by atoms with Gasteiger partial charge in [0.25, 0.3) is 0 Å². The quantitative estimate of drug-likeness (QED) is 0.904. The Morgan fingerprint density at radius 3 is 2.96 bits per heavy atom. The highest BCUT2D eigenvalue weighted by molar-refractivity contribution is 7.09. The van der Waals surface area contributed by atoms with Gasteiger partial charge in [-0.3, -0.25) is 4.68 Å². The van der Waals surface area contributed by atoms with Crippen LogP contribution in [0.3, 0.4) is 0 Å². The van der Waals surface area contributed by atoms with Crippen molar-refractivity contribution in [2.24, 2.45) is 0 Å². The van der Waals surface area contributed by atoms with Crippen molar-refractivity contribution < 1.29 is 4.79 Å². The topological polar surface area (TPSA) is 63.1 Å². The molecule has 1 fully saturated rings. The summed E-state index contributed by atoms with van der Waals surface area (Å²) in [5, 5.41) is 10.8. The lowest BCUT2D eigenvalue weighted by Crippen LogP contribution is -2.39. The van der Waals surface area contributed by atoms with E-state index in [9.17, 15) is 4.79 Å². The Morgan fingerprint density at radius 1 is 1.46 bits per heavy atom. The van der Waals surface area contributed by atoms with Gasteiger partial charge in [0.05, 0.1) is 22.4 Å². The molecule has 3 heterocycles. The highest BCUT2D eigenvalue weighted by Gasteiger charge is 2.28. The number of carbonyl (C=O) groups excluding carboxylic acids is 1. The number of amides is 2. The molecule has 1 unspecified atom stereocenters. The molecule has 0 spiro atoms. The molecule has 0 aliphatic carbocycles. The summed E-state index contributed by atoms with van der Waals surface area (Å²) in [4.78, 5) is 18.8. The monoisotopic (exact) mass is 347 g/mol. The van der Waals surface area contributed by atoms with E-state index < -0.39 is 0 Å². The first-order valence-corrected chi connectivity index (χ1v) is 9.43. The van der Waals surface area contributed by atoms with E-state index >= 15 is 0 Å². The summed E-state index contributed by atoms with van der Waals surface area (Å²) in [7, 11) is 0. The molecule has 2 aromatic heterocycles. The number of rotatable bonds is 5. The largest absolute Gasteiger partial charge is 0.338 e. The first-order chi connectivity index (χ1) is 11.6. The predicted octanol–water partition coefficient (Wildman–Crippen LogP) is 2.72. The first kappa shape index (κ1) is 17.0. The average molecular weight is 347 g/mol. The van der Waals surface area contributed by atoms with Gasteiger partial charge in [-0.05, 0) is 32.8 Å². The van der Waals surface area contributed by atoms with Crippen LogP contribution in [0.4, 0.5) is 4.79 Å². The smallest absolute Gasteiger partial charge is 0.317 e. The molecule has 0 bridgehead atoms. The van der Waals surface area contributed by atoms with Gasteiger partial charge in [-0.25, -0.2) is 9.78 Å². The Morgan fingerprint density at radius 2 is 2.29 bits per heavy atom. The Labute approximate surface area is 146 Å². The van der Waals surface area contributed by atoms with Crippen molar-refractivity contribution in [2.45, 2.75) is 46.1 Å². The van der Waals surface area contributed by atoms with E-state index in [0.717, 1.165) is 54.4 Å². The SMILES string of the molecule is CCc1csc(CCNC(=O)N2CCC(n3nc(C)cc3C)C2)n1. The van der Waals surface area contributed by atoms with Gasteiger partial charge in [0, 0.05) is 37.1 Å². The summed E-state index contributed by atoms with van der Waals surface area (Å²) < 4.78 is 2.06. The maximum Gasteiger partial charge on any atom is 0.317 e. The van der Waals surface area contributed by atoms with Gasteiger partial charge in [-0.1, -0.05) is 6.92 Å². The van der Waals surface area contributed by atoms with Crippen molar-refractivity contribution in [3.63, 3.8) is 0 Å². The Bertz CT molecular complexity index is 708. The number of carbonyl (C=O) groups is 1. The van der Waals surface area contributed by atoms with Crippen LogP contribution in [-0.2, 0) is 12.8 Å². The van der Waals surface area contributed by atoms with E-state index in [2.05, 4.69) is 45.4 Å². The van der Waals surface area contributed by atoms with Crippen LogP contribution >= 0.6 is 11.3 Å². The zero-order valence-corrected chi connectivity index (χ0v) is 15.4. The highest BCUT2D eigenvalue weighted by Crippen LogP contribution is 2.23. The molecule has 130 valence electrons. The number of thiazole rings is 1. The third-order valence-electron chi connectivity index (χ3n) is 4.42. The number of aryl methyl sites for hydroxylation is 3. The standard InChI is InChI=1S/C17H25N5OS/c1-4-14-11-24-16(19-14)5-7-18-17(23)21-8-6-15(10-21)22-13(3)9-12(2)20-22/h9,11,15H,4-8,10H2,1-3H3,(H,18,23). The molecular weight excluding hydrogens is 322 g/mol. The van der Waals surface area contributed by atoms with Gasteiger partial charge in [0.1, 0.15) is 0 Å². The number of urea groups is 1. The van der Waals surface area contributed by atoms with Crippen molar-refractivity contribution in [3.05, 3.63) is 33.5 Å². The van der Waals surface area contributed by atoms with Crippen LogP contribution in [0.2, 0.25) is 0 Å². The fraction of sp³-hybridized carbons (Fsp3) is 0.588. The molecule has 1 N–H and O–H groups in total. The number of nitrogens with one attached hydrogen (secondary N) is 1. The molecular formula is C17H25N5OS. The molecule has 2 amide bonds. The number of aromatic nitrogens is 3. The van der Waals surface area contributed by atoms with Crippen LogP contribution in [0.1, 0.15) is 41.5 Å². The normalized spacial score (nSPS) is 17.5. The highest BCUT2D eigenvalue weighted by atomic mass is 32.1. The molecule has 1 aliphatic heterocycles. The number of nitrogens with zero attached hydrogens (tertiary/aromatic N) is 4. The molecule has 7 heteroatoms. The summed E-state index contributed by atoms with van der Waals surface area (Å²) >= 11 is 1.67. The second kappa shape index (κ2) is 7.34. The van der Waals surface area contributed by atoms with Crippen molar-refractivity contribution in [2.75, 3.05) is 19.6 Å². The van der Waals surface area contributed by atoms with Gasteiger partial charge in [-0.2, -0.15) is 5.10 Å². The molecule has 0 aromatic carbocycles. The molecule has 1 aliphatic rings. The fourth-order valence-corrected chi connectivity index (χ4v) is 4.04.